The van der Waals surface area contributed by atoms with E-state index in [0.29, 0.717) is 0 Å². The van der Waals surface area contributed by atoms with E-state index in [4.69, 9.17) is 0 Å². The molecule has 1 N–H and O–H groups in total. The van der Waals surface area contributed by atoms with Crippen molar-refractivity contribution in [1.29, 1.82) is 0 Å². The van der Waals surface area contributed by atoms with E-state index < -0.39 is 0 Å². The van der Waals surface area contributed by atoms with Crippen LogP contribution in [0.4, 0.5) is 0 Å². The Morgan fingerprint density at radius 3 is 2.58 bits per heavy atom. The van der Waals surface area contributed by atoms with Gasteiger partial charge in [0.15, 0.2) is 0 Å². The average Bonchev–Trinajstić information content (AvgIpc) is 2.77. The number of hydrogen-bond acceptors (Lipinski definition) is 3. The van der Waals surface area contributed by atoms with Crippen molar-refractivity contribution < 1.29 is 0 Å². The minimum absolute atomic E-state index is 0.940. The van der Waals surface area contributed by atoms with E-state index in [9.17, 15) is 0 Å². The number of thiazole rings is 1. The standard InChI is InChI=1S/C16H22N2S/c1-4-5-10-17-11-15-13(3)18-16(19-15)14-8-6-12(2)7-9-14/h6-9,17H,4-5,10-11H2,1-3H3. The molecule has 3 heteroatoms. The Labute approximate surface area is 119 Å². The van der Waals surface area contributed by atoms with Crippen LogP contribution < -0.4 is 5.32 Å². The number of nitrogens with zero attached hydrogens (tertiary/aromatic N) is 1. The SMILES string of the molecule is CCCCNCc1sc(-c2ccc(C)cc2)nc1C. The Hall–Kier alpha value is -1.19. The van der Waals surface area contributed by atoms with Gasteiger partial charge in [0.05, 0.1) is 5.69 Å². The quantitative estimate of drug-likeness (QED) is 0.794. The summed E-state index contributed by atoms with van der Waals surface area (Å²) in [7, 11) is 0. The number of benzene rings is 1. The van der Waals surface area contributed by atoms with Crippen molar-refractivity contribution in [3.63, 3.8) is 0 Å². The third-order valence-electron chi connectivity index (χ3n) is 3.18. The Kier molecular flexibility index (Phi) is 5.11. The molecular weight excluding hydrogens is 252 g/mol. The van der Waals surface area contributed by atoms with E-state index in [2.05, 4.69) is 55.3 Å². The van der Waals surface area contributed by atoms with Gasteiger partial charge in [-0.05, 0) is 26.8 Å². The Morgan fingerprint density at radius 2 is 1.89 bits per heavy atom. The number of aryl methyl sites for hydroxylation is 2. The molecular formula is C16H22N2S. The molecule has 0 amide bonds. The normalized spacial score (nSPS) is 10.9. The van der Waals surface area contributed by atoms with E-state index in [1.165, 1.54) is 28.8 Å². The maximum atomic E-state index is 4.69. The van der Waals surface area contributed by atoms with Gasteiger partial charge < -0.3 is 5.32 Å². The summed E-state index contributed by atoms with van der Waals surface area (Å²) in [5, 5.41) is 4.62. The van der Waals surface area contributed by atoms with Crippen molar-refractivity contribution in [2.75, 3.05) is 6.54 Å². The summed E-state index contributed by atoms with van der Waals surface area (Å²) in [5.41, 5.74) is 3.67. The predicted octanol–water partition coefficient (Wildman–Crippen LogP) is 4.32. The summed E-state index contributed by atoms with van der Waals surface area (Å²) in [4.78, 5) is 6.04. The van der Waals surface area contributed by atoms with Gasteiger partial charge in [-0.15, -0.1) is 11.3 Å². The van der Waals surface area contributed by atoms with Crippen LogP contribution in [0.2, 0.25) is 0 Å². The van der Waals surface area contributed by atoms with E-state index in [-0.39, 0.29) is 0 Å². The first-order chi connectivity index (χ1) is 9.20. The van der Waals surface area contributed by atoms with Crippen LogP contribution in [0, 0.1) is 13.8 Å². The zero-order valence-electron chi connectivity index (χ0n) is 12.0. The summed E-state index contributed by atoms with van der Waals surface area (Å²) in [5.74, 6) is 0. The fraction of sp³-hybridized carbons (Fsp3) is 0.438. The maximum absolute atomic E-state index is 4.69. The number of rotatable bonds is 6. The van der Waals surface area contributed by atoms with E-state index in [1.54, 1.807) is 11.3 Å². The molecule has 1 heterocycles. The van der Waals surface area contributed by atoms with Gasteiger partial charge in [0.1, 0.15) is 5.01 Å². The van der Waals surface area contributed by atoms with Crippen molar-refractivity contribution in [2.45, 2.75) is 40.2 Å². The van der Waals surface area contributed by atoms with E-state index in [1.807, 2.05) is 0 Å². The molecule has 0 saturated heterocycles. The molecule has 1 aromatic heterocycles. The average molecular weight is 274 g/mol. The molecule has 2 nitrogen and oxygen atoms in total. The van der Waals surface area contributed by atoms with Gasteiger partial charge in [-0.2, -0.15) is 0 Å². The largest absolute Gasteiger partial charge is 0.312 e. The minimum atomic E-state index is 0.940. The number of unbranched alkanes of at least 4 members (excludes halogenated alkanes) is 1. The fourth-order valence-corrected chi connectivity index (χ4v) is 2.95. The molecule has 0 spiro atoms. The fourth-order valence-electron chi connectivity index (χ4n) is 1.92. The monoisotopic (exact) mass is 274 g/mol. The third kappa shape index (κ3) is 3.88. The van der Waals surface area contributed by atoms with Crippen molar-refractivity contribution in [3.05, 3.63) is 40.4 Å². The van der Waals surface area contributed by atoms with E-state index in [0.717, 1.165) is 23.8 Å². The highest BCUT2D eigenvalue weighted by Crippen LogP contribution is 2.27. The molecule has 2 rings (SSSR count). The lowest BCUT2D eigenvalue weighted by Crippen LogP contribution is -2.14. The van der Waals surface area contributed by atoms with Crippen LogP contribution >= 0.6 is 11.3 Å². The molecule has 102 valence electrons. The molecule has 19 heavy (non-hydrogen) atoms. The molecule has 0 saturated carbocycles. The molecule has 0 atom stereocenters. The predicted molar refractivity (Wildman–Crippen MR) is 83.6 cm³/mol. The molecule has 0 unspecified atom stereocenters. The van der Waals surface area contributed by atoms with Gasteiger partial charge in [-0.25, -0.2) is 4.98 Å². The second kappa shape index (κ2) is 6.83. The van der Waals surface area contributed by atoms with Crippen LogP contribution in [0.15, 0.2) is 24.3 Å². The summed E-state index contributed by atoms with van der Waals surface area (Å²) in [6, 6.07) is 8.60. The van der Waals surface area contributed by atoms with E-state index >= 15 is 0 Å². The molecule has 1 aromatic carbocycles. The van der Waals surface area contributed by atoms with Gasteiger partial charge in [-0.1, -0.05) is 43.2 Å². The van der Waals surface area contributed by atoms with Crippen molar-refractivity contribution in [2.24, 2.45) is 0 Å². The van der Waals surface area contributed by atoms with Crippen LogP contribution in [-0.2, 0) is 6.54 Å². The van der Waals surface area contributed by atoms with Crippen LogP contribution in [0.25, 0.3) is 10.6 Å². The van der Waals surface area contributed by atoms with Crippen molar-refractivity contribution in [1.82, 2.24) is 10.3 Å². The third-order valence-corrected chi connectivity index (χ3v) is 4.39. The van der Waals surface area contributed by atoms with Crippen LogP contribution in [0.5, 0.6) is 0 Å². The van der Waals surface area contributed by atoms with Gasteiger partial charge in [-0.3, -0.25) is 0 Å². The Balaban J connectivity index is 2.05. The minimum Gasteiger partial charge on any atom is -0.312 e. The molecule has 0 aliphatic heterocycles. The van der Waals surface area contributed by atoms with Crippen LogP contribution in [0.3, 0.4) is 0 Å². The lowest BCUT2D eigenvalue weighted by Gasteiger charge is -2.01. The van der Waals surface area contributed by atoms with Gasteiger partial charge >= 0.3 is 0 Å². The molecule has 0 aliphatic carbocycles. The zero-order chi connectivity index (χ0) is 13.7. The highest BCUT2D eigenvalue weighted by Gasteiger charge is 2.08. The molecule has 0 radical (unpaired) electrons. The number of hydrogen-bond donors (Lipinski definition) is 1. The van der Waals surface area contributed by atoms with Gasteiger partial charge in [0, 0.05) is 17.0 Å². The topological polar surface area (TPSA) is 24.9 Å². The highest BCUT2D eigenvalue weighted by atomic mass is 32.1. The second-order valence-corrected chi connectivity index (χ2v) is 6.01. The molecule has 0 fully saturated rings. The first-order valence-corrected chi connectivity index (χ1v) is 7.76. The zero-order valence-corrected chi connectivity index (χ0v) is 12.8. The summed E-state index contributed by atoms with van der Waals surface area (Å²) >= 11 is 1.80. The lowest BCUT2D eigenvalue weighted by atomic mass is 10.2. The number of nitrogens with one attached hydrogen (secondary N) is 1. The van der Waals surface area contributed by atoms with Gasteiger partial charge in [0.2, 0.25) is 0 Å². The number of aromatic nitrogens is 1. The summed E-state index contributed by atoms with van der Waals surface area (Å²) in [6.45, 7) is 8.46. The Bertz CT molecular complexity index is 514. The molecule has 2 aromatic rings. The van der Waals surface area contributed by atoms with Crippen LogP contribution in [0.1, 0.15) is 35.9 Å². The first kappa shape index (κ1) is 14.2. The maximum Gasteiger partial charge on any atom is 0.123 e. The van der Waals surface area contributed by atoms with Crippen molar-refractivity contribution >= 4 is 11.3 Å². The smallest absolute Gasteiger partial charge is 0.123 e. The second-order valence-electron chi connectivity index (χ2n) is 4.92. The summed E-state index contributed by atoms with van der Waals surface area (Å²) < 4.78 is 0. The van der Waals surface area contributed by atoms with Gasteiger partial charge in [0.25, 0.3) is 0 Å². The summed E-state index contributed by atoms with van der Waals surface area (Å²) in [6.07, 6.45) is 2.48. The first-order valence-electron chi connectivity index (χ1n) is 6.94. The Morgan fingerprint density at radius 1 is 1.16 bits per heavy atom. The molecule has 0 bridgehead atoms. The molecule has 0 aliphatic rings. The van der Waals surface area contributed by atoms with Crippen LogP contribution in [-0.4, -0.2) is 11.5 Å². The highest BCUT2D eigenvalue weighted by molar-refractivity contribution is 7.15. The lowest BCUT2D eigenvalue weighted by molar-refractivity contribution is 0.644. The van der Waals surface area contributed by atoms with Crippen molar-refractivity contribution in [3.8, 4) is 10.6 Å².